The van der Waals surface area contributed by atoms with Crippen molar-refractivity contribution in [1.29, 1.82) is 0 Å². The number of benzene rings is 1. The number of carbonyl (C=O) groups is 1. The van der Waals surface area contributed by atoms with Gasteiger partial charge < -0.3 is 10.1 Å². The molecule has 1 N–H and O–H groups in total. The molecular weight excluding hydrogens is 276 g/mol. The number of ether oxygens (including phenoxy) is 1. The summed E-state index contributed by atoms with van der Waals surface area (Å²) in [6, 6.07) is 13.8. The van der Waals surface area contributed by atoms with E-state index in [-0.39, 0.29) is 11.9 Å². The van der Waals surface area contributed by atoms with Crippen molar-refractivity contribution in [3.05, 3.63) is 59.8 Å². The summed E-state index contributed by atoms with van der Waals surface area (Å²) in [4.78, 5) is 16.4. The van der Waals surface area contributed by atoms with E-state index in [0.29, 0.717) is 18.1 Å². The predicted octanol–water partition coefficient (Wildman–Crippen LogP) is 3.23. The van der Waals surface area contributed by atoms with Crippen LogP contribution in [0.25, 0.3) is 0 Å². The van der Waals surface area contributed by atoms with Crippen LogP contribution in [0.3, 0.4) is 0 Å². The van der Waals surface area contributed by atoms with E-state index >= 15 is 0 Å². The third kappa shape index (κ3) is 4.58. The number of aromatic nitrogens is 1. The Kier molecular flexibility index (Phi) is 5.95. The zero-order valence-electron chi connectivity index (χ0n) is 13.1. The lowest BCUT2D eigenvalue weighted by Crippen LogP contribution is -2.33. The maximum Gasteiger partial charge on any atom is 0.256 e. The average Bonchev–Trinajstić information content (AvgIpc) is 2.55. The van der Waals surface area contributed by atoms with Gasteiger partial charge in [-0.05, 0) is 44.4 Å². The number of nitrogens with one attached hydrogen (secondary N) is 1. The third-order valence-corrected chi connectivity index (χ3v) is 3.38. The number of amides is 1. The first-order chi connectivity index (χ1) is 10.7. The minimum Gasteiger partial charge on any atom is -0.477 e. The fourth-order valence-corrected chi connectivity index (χ4v) is 2.22. The second-order valence-corrected chi connectivity index (χ2v) is 5.19. The second-order valence-electron chi connectivity index (χ2n) is 5.19. The molecule has 0 aliphatic carbocycles. The molecule has 2 rings (SSSR count). The SMILES string of the molecule is CCOc1ncccc1C(=O)N[C@@H](C)CCc1ccccc1. The molecule has 1 aromatic carbocycles. The van der Waals surface area contributed by atoms with Crippen molar-refractivity contribution >= 4 is 5.91 Å². The molecule has 0 bridgehead atoms. The lowest BCUT2D eigenvalue weighted by atomic mass is 10.1. The van der Waals surface area contributed by atoms with Gasteiger partial charge in [0.1, 0.15) is 5.56 Å². The topological polar surface area (TPSA) is 51.2 Å². The van der Waals surface area contributed by atoms with Gasteiger partial charge in [-0.1, -0.05) is 30.3 Å². The molecule has 22 heavy (non-hydrogen) atoms. The normalized spacial score (nSPS) is 11.7. The van der Waals surface area contributed by atoms with Crippen LogP contribution in [0.15, 0.2) is 48.7 Å². The molecule has 0 aliphatic rings. The Morgan fingerprint density at radius 1 is 1.23 bits per heavy atom. The lowest BCUT2D eigenvalue weighted by Gasteiger charge is -2.15. The summed E-state index contributed by atoms with van der Waals surface area (Å²) in [7, 11) is 0. The highest BCUT2D eigenvalue weighted by Crippen LogP contribution is 2.14. The predicted molar refractivity (Wildman–Crippen MR) is 87.1 cm³/mol. The molecule has 0 aliphatic heterocycles. The molecule has 4 heteroatoms. The number of carbonyl (C=O) groups excluding carboxylic acids is 1. The van der Waals surface area contributed by atoms with Crippen molar-refractivity contribution < 1.29 is 9.53 Å². The van der Waals surface area contributed by atoms with E-state index in [1.807, 2.05) is 32.0 Å². The van der Waals surface area contributed by atoms with Crippen LogP contribution in [0.4, 0.5) is 0 Å². The van der Waals surface area contributed by atoms with E-state index in [1.54, 1.807) is 18.3 Å². The smallest absolute Gasteiger partial charge is 0.256 e. The van der Waals surface area contributed by atoms with E-state index in [4.69, 9.17) is 4.74 Å². The minimum atomic E-state index is -0.142. The molecule has 116 valence electrons. The van der Waals surface area contributed by atoms with Gasteiger partial charge in [0.25, 0.3) is 5.91 Å². The van der Waals surface area contributed by atoms with E-state index in [1.165, 1.54) is 5.56 Å². The first-order valence-corrected chi connectivity index (χ1v) is 7.63. The Balaban J connectivity index is 1.91. The molecule has 1 amide bonds. The summed E-state index contributed by atoms with van der Waals surface area (Å²) in [6.07, 6.45) is 3.45. The van der Waals surface area contributed by atoms with Gasteiger partial charge >= 0.3 is 0 Å². The molecule has 0 saturated heterocycles. The summed E-state index contributed by atoms with van der Waals surface area (Å²) in [6.45, 7) is 4.37. The van der Waals surface area contributed by atoms with Crippen LogP contribution in [0.1, 0.15) is 36.2 Å². The maximum atomic E-state index is 12.3. The Labute approximate surface area is 131 Å². The highest BCUT2D eigenvalue weighted by molar-refractivity contribution is 5.96. The lowest BCUT2D eigenvalue weighted by molar-refractivity contribution is 0.0933. The van der Waals surface area contributed by atoms with Gasteiger partial charge in [0, 0.05) is 12.2 Å². The van der Waals surface area contributed by atoms with E-state index in [9.17, 15) is 4.79 Å². The largest absolute Gasteiger partial charge is 0.477 e. The fraction of sp³-hybridized carbons (Fsp3) is 0.333. The molecular formula is C18H22N2O2. The van der Waals surface area contributed by atoms with Crippen LogP contribution >= 0.6 is 0 Å². The first kappa shape index (κ1) is 16.0. The van der Waals surface area contributed by atoms with Gasteiger partial charge in [-0.3, -0.25) is 4.79 Å². The molecule has 1 atom stereocenters. The Bertz CT molecular complexity index is 599. The molecule has 4 nitrogen and oxygen atoms in total. The van der Waals surface area contributed by atoms with Gasteiger partial charge in [-0.2, -0.15) is 0 Å². The fourth-order valence-electron chi connectivity index (χ4n) is 2.22. The summed E-state index contributed by atoms with van der Waals surface area (Å²) >= 11 is 0. The van der Waals surface area contributed by atoms with Crippen molar-refractivity contribution in [1.82, 2.24) is 10.3 Å². The standard InChI is InChI=1S/C18H22N2O2/c1-3-22-18-16(10-7-13-19-18)17(21)20-14(2)11-12-15-8-5-4-6-9-15/h4-10,13-14H,3,11-12H2,1-2H3,(H,20,21)/t14-/m0/s1. The molecule has 2 aromatic rings. The van der Waals surface area contributed by atoms with Gasteiger partial charge in [0.2, 0.25) is 5.88 Å². The van der Waals surface area contributed by atoms with Crippen molar-refractivity contribution in [2.75, 3.05) is 6.61 Å². The summed E-state index contributed by atoms with van der Waals surface area (Å²) in [5.41, 5.74) is 1.76. The van der Waals surface area contributed by atoms with Crippen LogP contribution in [0, 0.1) is 0 Å². The first-order valence-electron chi connectivity index (χ1n) is 7.63. The van der Waals surface area contributed by atoms with Gasteiger partial charge in [0.05, 0.1) is 6.61 Å². The van der Waals surface area contributed by atoms with Crippen LogP contribution in [0.5, 0.6) is 5.88 Å². The van der Waals surface area contributed by atoms with E-state index in [0.717, 1.165) is 12.8 Å². The van der Waals surface area contributed by atoms with Crippen molar-refractivity contribution in [2.24, 2.45) is 0 Å². The van der Waals surface area contributed by atoms with Crippen LogP contribution in [-0.4, -0.2) is 23.5 Å². The highest BCUT2D eigenvalue weighted by Gasteiger charge is 2.15. The molecule has 1 aromatic heterocycles. The number of nitrogens with zero attached hydrogens (tertiary/aromatic N) is 1. The third-order valence-electron chi connectivity index (χ3n) is 3.38. The van der Waals surface area contributed by atoms with Gasteiger partial charge in [0.15, 0.2) is 0 Å². The highest BCUT2D eigenvalue weighted by atomic mass is 16.5. The zero-order valence-corrected chi connectivity index (χ0v) is 13.1. The molecule has 1 heterocycles. The van der Waals surface area contributed by atoms with Crippen LogP contribution in [0.2, 0.25) is 0 Å². The Hall–Kier alpha value is -2.36. The van der Waals surface area contributed by atoms with Gasteiger partial charge in [-0.25, -0.2) is 4.98 Å². The summed E-state index contributed by atoms with van der Waals surface area (Å²) in [5.74, 6) is 0.245. The minimum absolute atomic E-state index is 0.0855. The van der Waals surface area contributed by atoms with Crippen LogP contribution in [-0.2, 0) is 6.42 Å². The number of aryl methyl sites for hydroxylation is 1. The van der Waals surface area contributed by atoms with Crippen molar-refractivity contribution in [3.63, 3.8) is 0 Å². The summed E-state index contributed by atoms with van der Waals surface area (Å²) in [5, 5.41) is 3.01. The monoisotopic (exact) mass is 298 g/mol. The van der Waals surface area contributed by atoms with Crippen molar-refractivity contribution in [2.45, 2.75) is 32.7 Å². The number of hydrogen-bond acceptors (Lipinski definition) is 3. The van der Waals surface area contributed by atoms with E-state index in [2.05, 4.69) is 22.4 Å². The van der Waals surface area contributed by atoms with Crippen molar-refractivity contribution in [3.8, 4) is 5.88 Å². The van der Waals surface area contributed by atoms with E-state index < -0.39 is 0 Å². The van der Waals surface area contributed by atoms with Gasteiger partial charge in [-0.15, -0.1) is 0 Å². The molecule has 0 fully saturated rings. The Morgan fingerprint density at radius 2 is 2.00 bits per heavy atom. The molecule has 0 saturated carbocycles. The zero-order chi connectivity index (χ0) is 15.8. The molecule has 0 spiro atoms. The average molecular weight is 298 g/mol. The molecule has 0 unspecified atom stereocenters. The summed E-state index contributed by atoms with van der Waals surface area (Å²) < 4.78 is 5.40. The second kappa shape index (κ2) is 8.17. The number of rotatable bonds is 7. The number of pyridine rings is 1. The number of hydrogen-bond donors (Lipinski definition) is 1. The maximum absolute atomic E-state index is 12.3. The Morgan fingerprint density at radius 3 is 2.73 bits per heavy atom. The quantitative estimate of drug-likeness (QED) is 0.854. The van der Waals surface area contributed by atoms with Crippen LogP contribution < -0.4 is 10.1 Å². The molecule has 0 radical (unpaired) electrons.